The fourth-order valence-electron chi connectivity index (χ4n) is 3.16. The molecule has 4 heterocycles. The molecule has 14 heteroatoms. The molecule has 11 nitrogen and oxygen atoms in total. The van der Waals surface area contributed by atoms with Crippen molar-refractivity contribution in [3.63, 3.8) is 0 Å². The number of carbonyl (C=O) groups excluding carboxylic acids is 3. The van der Waals surface area contributed by atoms with Crippen LogP contribution in [-0.4, -0.2) is 75.2 Å². The predicted molar refractivity (Wildman–Crippen MR) is 118 cm³/mol. The molecule has 0 spiro atoms. The Morgan fingerprint density at radius 1 is 1.24 bits per heavy atom. The van der Waals surface area contributed by atoms with E-state index in [1.54, 1.807) is 24.3 Å². The number of pyridine rings is 1. The van der Waals surface area contributed by atoms with Crippen LogP contribution in [0.1, 0.15) is 0 Å². The third-order valence-electron chi connectivity index (χ3n) is 4.61. The Hall–Kier alpha value is -3.10. The number of nitrogens with one attached hydrogen (secondary N) is 1. The van der Waals surface area contributed by atoms with Gasteiger partial charge in [-0.25, -0.2) is 9.78 Å². The number of carboxylic acids is 1. The molecule has 2 N–H and O–H groups in total. The monoisotopic (exact) mass is 505 g/mol. The van der Waals surface area contributed by atoms with Crippen molar-refractivity contribution in [1.82, 2.24) is 25.4 Å². The summed E-state index contributed by atoms with van der Waals surface area (Å²) >= 11 is 1.88. The maximum Gasteiger partial charge on any atom is 0.353 e. The SMILES string of the molecule is O=C(CS(=O)c1ccccn1)NC1C(=O)N2C(C(=O)O)=C(C(=O)Sc3cccnn3)CS[C@H]12. The van der Waals surface area contributed by atoms with Crippen molar-refractivity contribution in [3.05, 3.63) is 54.0 Å². The smallest absolute Gasteiger partial charge is 0.353 e. The number of nitrogens with zero attached hydrogens (tertiary/aromatic N) is 4. The van der Waals surface area contributed by atoms with E-state index >= 15 is 0 Å². The lowest BCUT2D eigenvalue weighted by Crippen LogP contribution is -2.71. The number of carbonyl (C=O) groups is 4. The van der Waals surface area contributed by atoms with Crippen LogP contribution in [0.2, 0.25) is 0 Å². The lowest BCUT2D eigenvalue weighted by molar-refractivity contribution is -0.150. The fourth-order valence-corrected chi connectivity index (χ4v) is 6.19. The number of fused-ring (bicyclic) bond motifs is 1. The van der Waals surface area contributed by atoms with Crippen LogP contribution in [0.3, 0.4) is 0 Å². The average Bonchev–Trinajstić information content (AvgIpc) is 2.82. The first kappa shape index (κ1) is 23.1. The molecule has 2 aliphatic heterocycles. The molecule has 0 saturated carbocycles. The zero-order chi connectivity index (χ0) is 23.5. The van der Waals surface area contributed by atoms with Gasteiger partial charge in [-0.2, -0.15) is 5.10 Å². The number of rotatable bonds is 7. The number of hydrogen-bond acceptors (Lipinski definition) is 10. The number of amides is 2. The lowest BCUT2D eigenvalue weighted by Gasteiger charge is -2.49. The second-order valence-electron chi connectivity index (χ2n) is 6.70. The van der Waals surface area contributed by atoms with Crippen molar-refractivity contribution >= 4 is 57.2 Å². The standard InChI is InChI=1S/C19H15N5O6S3/c25-11(9-33(30)13-5-1-2-6-20-13)22-14-16(26)24-15(18(27)28)10(8-31-17(14)24)19(29)32-12-4-3-7-21-23-12/h1-7,14,17H,8-9H2,(H,22,25)(H,27,28)/t14?,17-,33?/m1/s1. The van der Waals surface area contributed by atoms with Crippen LogP contribution in [0, 0.1) is 0 Å². The summed E-state index contributed by atoms with van der Waals surface area (Å²) in [7, 11) is -1.69. The van der Waals surface area contributed by atoms with Crippen molar-refractivity contribution in [1.29, 1.82) is 0 Å². The largest absolute Gasteiger partial charge is 0.477 e. The van der Waals surface area contributed by atoms with Gasteiger partial charge >= 0.3 is 5.97 Å². The van der Waals surface area contributed by atoms with Gasteiger partial charge in [0, 0.05) is 23.7 Å². The number of aliphatic carboxylic acids is 1. The van der Waals surface area contributed by atoms with Crippen LogP contribution in [0.5, 0.6) is 0 Å². The van der Waals surface area contributed by atoms with Gasteiger partial charge in [-0.3, -0.25) is 23.5 Å². The van der Waals surface area contributed by atoms with E-state index in [1.165, 1.54) is 18.5 Å². The highest BCUT2D eigenvalue weighted by Crippen LogP contribution is 2.41. The molecule has 1 saturated heterocycles. The lowest BCUT2D eigenvalue weighted by atomic mass is 10.0. The number of β-lactam (4-membered cyclic amide) rings is 1. The molecule has 0 radical (unpaired) electrons. The molecule has 2 aliphatic rings. The van der Waals surface area contributed by atoms with Gasteiger partial charge in [-0.15, -0.1) is 16.9 Å². The quantitative estimate of drug-likeness (QED) is 0.386. The Labute approximate surface area is 197 Å². The molecule has 33 heavy (non-hydrogen) atoms. The third kappa shape index (κ3) is 4.82. The van der Waals surface area contributed by atoms with Gasteiger partial charge < -0.3 is 10.4 Å². The molecule has 170 valence electrons. The number of carboxylic acid groups (broad SMARTS) is 1. The Morgan fingerprint density at radius 2 is 2.06 bits per heavy atom. The summed E-state index contributed by atoms with van der Waals surface area (Å²) in [5.74, 6) is -3.06. The van der Waals surface area contributed by atoms with Crippen LogP contribution >= 0.6 is 23.5 Å². The van der Waals surface area contributed by atoms with Gasteiger partial charge in [0.15, 0.2) is 0 Å². The molecular formula is C19H15N5O6S3. The van der Waals surface area contributed by atoms with Crippen molar-refractivity contribution in [2.45, 2.75) is 21.5 Å². The molecule has 1 fully saturated rings. The summed E-state index contributed by atoms with van der Waals surface area (Å²) in [4.78, 5) is 54.6. The van der Waals surface area contributed by atoms with Crippen molar-refractivity contribution in [2.75, 3.05) is 11.5 Å². The molecule has 2 aromatic heterocycles. The van der Waals surface area contributed by atoms with Gasteiger partial charge in [-0.05, 0) is 36.0 Å². The van der Waals surface area contributed by atoms with Crippen LogP contribution in [-0.2, 0) is 30.0 Å². The fraction of sp³-hybridized carbons (Fsp3) is 0.211. The summed E-state index contributed by atoms with van der Waals surface area (Å²) < 4.78 is 12.3. The van der Waals surface area contributed by atoms with Gasteiger partial charge in [0.1, 0.15) is 32.9 Å². The maximum atomic E-state index is 12.7. The minimum absolute atomic E-state index is 0.0335. The minimum atomic E-state index is -1.69. The Kier molecular flexibility index (Phi) is 6.85. The second kappa shape index (κ2) is 9.80. The van der Waals surface area contributed by atoms with Crippen LogP contribution < -0.4 is 5.32 Å². The Balaban J connectivity index is 1.45. The zero-order valence-corrected chi connectivity index (χ0v) is 19.1. The minimum Gasteiger partial charge on any atom is -0.477 e. The summed E-state index contributed by atoms with van der Waals surface area (Å²) in [5.41, 5.74) is -0.443. The van der Waals surface area contributed by atoms with Gasteiger partial charge in [0.25, 0.3) is 5.91 Å². The molecule has 3 atom stereocenters. The molecule has 0 bridgehead atoms. The highest BCUT2D eigenvalue weighted by Gasteiger charge is 2.55. The molecule has 4 rings (SSSR count). The predicted octanol–water partition coefficient (Wildman–Crippen LogP) is 0.0367. The number of thioether (sulfide) groups is 2. The molecule has 2 aromatic rings. The zero-order valence-electron chi connectivity index (χ0n) is 16.6. The van der Waals surface area contributed by atoms with E-state index in [-0.39, 0.29) is 16.4 Å². The maximum absolute atomic E-state index is 12.7. The van der Waals surface area contributed by atoms with E-state index in [9.17, 15) is 28.5 Å². The first-order chi connectivity index (χ1) is 15.9. The molecule has 2 amide bonds. The van der Waals surface area contributed by atoms with E-state index < -0.39 is 56.6 Å². The van der Waals surface area contributed by atoms with Gasteiger partial charge in [0.05, 0.1) is 10.8 Å². The molecule has 0 aliphatic carbocycles. The van der Waals surface area contributed by atoms with E-state index in [0.717, 1.165) is 28.4 Å². The average molecular weight is 506 g/mol. The Morgan fingerprint density at radius 3 is 2.73 bits per heavy atom. The van der Waals surface area contributed by atoms with E-state index in [2.05, 4.69) is 20.5 Å². The second-order valence-corrected chi connectivity index (χ2v) is 10.2. The number of hydrogen-bond donors (Lipinski definition) is 2. The van der Waals surface area contributed by atoms with Crippen molar-refractivity contribution in [2.24, 2.45) is 0 Å². The van der Waals surface area contributed by atoms with E-state index in [4.69, 9.17) is 0 Å². The highest BCUT2D eigenvalue weighted by atomic mass is 32.2. The first-order valence-electron chi connectivity index (χ1n) is 9.36. The van der Waals surface area contributed by atoms with Crippen LogP contribution in [0.25, 0.3) is 0 Å². The summed E-state index contributed by atoms with van der Waals surface area (Å²) in [5, 5.41) is 19.0. The van der Waals surface area contributed by atoms with E-state index in [0.29, 0.717) is 5.03 Å². The van der Waals surface area contributed by atoms with Crippen LogP contribution in [0.4, 0.5) is 0 Å². The van der Waals surface area contributed by atoms with Crippen LogP contribution in [0.15, 0.2) is 64.0 Å². The summed E-state index contributed by atoms with van der Waals surface area (Å²) in [6, 6.07) is 6.99. The highest BCUT2D eigenvalue weighted by molar-refractivity contribution is 8.14. The van der Waals surface area contributed by atoms with Gasteiger partial charge in [-0.1, -0.05) is 6.07 Å². The third-order valence-corrected chi connectivity index (χ3v) is 7.98. The summed E-state index contributed by atoms with van der Waals surface area (Å²) in [6.07, 6.45) is 2.90. The number of aromatic nitrogens is 3. The molecule has 0 aromatic carbocycles. The topological polar surface area (TPSA) is 160 Å². The van der Waals surface area contributed by atoms with Crippen molar-refractivity contribution in [3.8, 4) is 0 Å². The summed E-state index contributed by atoms with van der Waals surface area (Å²) in [6.45, 7) is 0. The molecular weight excluding hydrogens is 490 g/mol. The van der Waals surface area contributed by atoms with Crippen molar-refractivity contribution < 1.29 is 28.5 Å². The normalized spacial score (nSPS) is 20.5. The molecule has 2 unspecified atom stereocenters. The van der Waals surface area contributed by atoms with Gasteiger partial charge in [0.2, 0.25) is 11.0 Å². The Bertz CT molecular complexity index is 1180. The first-order valence-corrected chi connectivity index (χ1v) is 12.5. The van der Waals surface area contributed by atoms with E-state index in [1.807, 2.05) is 0 Å².